The molecular formula is C28H34FN5O. The third-order valence-corrected chi connectivity index (χ3v) is 7.44. The molecule has 1 aromatic carbocycles. The standard InChI is InChI=1S/C28H34FN5O/c1-19(2)34-27(30-18-31-34)22-14-20-6-5-7-21-15-23(8-9-24(21)25(20)16-22)28(29)10-12-33(13-11-28)17-26(35)32(3)4/h7-9,14-16,18-19H,5-6,10-13,17H2,1-4H3. The van der Waals surface area contributed by atoms with Crippen LogP contribution in [0, 0.1) is 0 Å². The Balaban J connectivity index is 1.44. The number of fused-ring (bicyclic) bond motifs is 2. The van der Waals surface area contributed by atoms with Gasteiger partial charge < -0.3 is 4.90 Å². The second-order valence-corrected chi connectivity index (χ2v) is 10.4. The van der Waals surface area contributed by atoms with Gasteiger partial charge >= 0.3 is 0 Å². The van der Waals surface area contributed by atoms with Crippen LogP contribution in [0.25, 0.3) is 17.2 Å². The Bertz CT molecular complexity index is 1330. The number of carbonyl (C=O) groups excluding carboxylic acids is 1. The highest BCUT2D eigenvalue weighted by Gasteiger charge is 2.37. The number of hydrogen-bond donors (Lipinski definition) is 0. The largest absolute Gasteiger partial charge is 0.348 e. The van der Waals surface area contributed by atoms with Crippen molar-refractivity contribution in [3.63, 3.8) is 0 Å². The third kappa shape index (κ3) is 4.49. The predicted molar refractivity (Wildman–Crippen MR) is 136 cm³/mol. The van der Waals surface area contributed by atoms with Crippen molar-refractivity contribution in [1.29, 1.82) is 0 Å². The van der Waals surface area contributed by atoms with Crippen LogP contribution in [-0.4, -0.2) is 64.2 Å². The van der Waals surface area contributed by atoms with Gasteiger partial charge in [-0.3, -0.25) is 9.69 Å². The minimum atomic E-state index is -1.36. The molecule has 0 bridgehead atoms. The minimum absolute atomic E-state index is 0.0625. The number of rotatable bonds is 5. The monoisotopic (exact) mass is 475 g/mol. The van der Waals surface area contributed by atoms with Gasteiger partial charge in [0.25, 0.3) is 0 Å². The van der Waals surface area contributed by atoms with Crippen LogP contribution >= 0.6 is 0 Å². The number of aromatic nitrogens is 3. The van der Waals surface area contributed by atoms with Crippen LogP contribution in [0.1, 0.15) is 57.0 Å². The second-order valence-electron chi connectivity index (χ2n) is 10.4. The molecule has 2 heterocycles. The first-order valence-electron chi connectivity index (χ1n) is 12.5. The molecule has 0 saturated carbocycles. The van der Waals surface area contributed by atoms with Crippen LogP contribution in [-0.2, 0) is 10.5 Å². The number of benzene rings is 1. The summed E-state index contributed by atoms with van der Waals surface area (Å²) in [6.07, 6.45) is 11.0. The zero-order chi connectivity index (χ0) is 24.7. The lowest BCUT2D eigenvalue weighted by atomic mass is 9.85. The summed E-state index contributed by atoms with van der Waals surface area (Å²) in [7, 11) is 3.52. The number of nitrogens with zero attached hydrogens (tertiary/aromatic N) is 5. The Kier molecular flexibility index (Phi) is 6.21. The molecule has 2 aromatic rings. The topological polar surface area (TPSA) is 54.3 Å². The van der Waals surface area contributed by atoms with Gasteiger partial charge in [-0.15, -0.1) is 0 Å². The van der Waals surface area contributed by atoms with Gasteiger partial charge in [0.15, 0.2) is 5.82 Å². The molecule has 1 saturated heterocycles. The number of halogens is 1. The Labute approximate surface area is 206 Å². The van der Waals surface area contributed by atoms with E-state index in [1.807, 2.05) is 16.8 Å². The molecule has 5 rings (SSSR count). The van der Waals surface area contributed by atoms with E-state index in [2.05, 4.69) is 53.1 Å². The molecule has 184 valence electrons. The van der Waals surface area contributed by atoms with Crippen molar-refractivity contribution < 1.29 is 9.18 Å². The summed E-state index contributed by atoms with van der Waals surface area (Å²) in [5, 5.41) is 6.65. The summed E-state index contributed by atoms with van der Waals surface area (Å²) in [5.74, 6) is 0.949. The summed E-state index contributed by atoms with van der Waals surface area (Å²) in [6.45, 7) is 5.74. The van der Waals surface area contributed by atoms with Gasteiger partial charge in [0.1, 0.15) is 12.0 Å². The second kappa shape index (κ2) is 9.19. The van der Waals surface area contributed by atoms with E-state index in [1.54, 1.807) is 25.3 Å². The lowest BCUT2D eigenvalue weighted by molar-refractivity contribution is -0.130. The van der Waals surface area contributed by atoms with E-state index < -0.39 is 5.67 Å². The fraction of sp³-hybridized carbons (Fsp3) is 0.464. The number of allylic oxidation sites excluding steroid dienone is 4. The lowest BCUT2D eigenvalue weighted by Gasteiger charge is -2.36. The van der Waals surface area contributed by atoms with E-state index in [0.29, 0.717) is 32.5 Å². The quantitative estimate of drug-likeness (QED) is 0.667. The number of alkyl halides is 1. The Morgan fingerprint density at radius 3 is 2.69 bits per heavy atom. The maximum absolute atomic E-state index is 16.1. The van der Waals surface area contributed by atoms with E-state index >= 15 is 4.39 Å². The normalized spacial score (nSPS) is 19.4. The number of piperidine rings is 1. The molecule has 35 heavy (non-hydrogen) atoms. The zero-order valence-electron chi connectivity index (χ0n) is 21.1. The molecule has 1 aliphatic heterocycles. The van der Waals surface area contributed by atoms with E-state index in [9.17, 15) is 4.79 Å². The number of likely N-dealkylation sites (N-methyl/N-ethyl adjacent to an activating group) is 1. The highest BCUT2D eigenvalue weighted by atomic mass is 19.1. The Hall–Kier alpha value is -3.06. The fourth-order valence-electron chi connectivity index (χ4n) is 5.30. The van der Waals surface area contributed by atoms with Crippen molar-refractivity contribution in [2.75, 3.05) is 33.7 Å². The van der Waals surface area contributed by atoms with Gasteiger partial charge in [-0.2, -0.15) is 5.10 Å². The van der Waals surface area contributed by atoms with Crippen molar-refractivity contribution in [2.45, 2.75) is 51.2 Å². The molecule has 0 unspecified atom stereocenters. The molecule has 1 aromatic heterocycles. The summed E-state index contributed by atoms with van der Waals surface area (Å²) in [4.78, 5) is 20.2. The maximum Gasteiger partial charge on any atom is 0.236 e. The van der Waals surface area contributed by atoms with E-state index in [4.69, 9.17) is 0 Å². The summed E-state index contributed by atoms with van der Waals surface area (Å²) in [5.41, 5.74) is 2.98. The smallest absolute Gasteiger partial charge is 0.236 e. The van der Waals surface area contributed by atoms with Gasteiger partial charge in [0.05, 0.1) is 6.54 Å². The van der Waals surface area contributed by atoms with Crippen LogP contribution in [0.5, 0.6) is 0 Å². The number of carbonyl (C=O) groups is 1. The molecule has 3 aliphatic rings. The van der Waals surface area contributed by atoms with E-state index in [-0.39, 0.29) is 11.9 Å². The summed E-state index contributed by atoms with van der Waals surface area (Å²) in [6, 6.07) is 6.34. The lowest BCUT2D eigenvalue weighted by Crippen LogP contribution is -2.45. The van der Waals surface area contributed by atoms with Crippen molar-refractivity contribution in [3.8, 4) is 0 Å². The highest BCUT2D eigenvalue weighted by Crippen LogP contribution is 2.37. The summed E-state index contributed by atoms with van der Waals surface area (Å²) >= 11 is 0. The minimum Gasteiger partial charge on any atom is -0.348 e. The van der Waals surface area contributed by atoms with Gasteiger partial charge in [0.2, 0.25) is 5.91 Å². The van der Waals surface area contributed by atoms with Crippen LogP contribution in [0.4, 0.5) is 4.39 Å². The molecule has 6 nitrogen and oxygen atoms in total. The molecule has 2 aliphatic carbocycles. The van der Waals surface area contributed by atoms with Gasteiger partial charge in [-0.05, 0) is 84.9 Å². The van der Waals surface area contributed by atoms with E-state index in [0.717, 1.165) is 40.2 Å². The first kappa shape index (κ1) is 23.7. The first-order chi connectivity index (χ1) is 16.7. The molecule has 1 amide bonds. The molecule has 0 radical (unpaired) electrons. The Morgan fingerprint density at radius 2 is 1.97 bits per heavy atom. The van der Waals surface area contributed by atoms with Crippen molar-refractivity contribution >= 4 is 23.1 Å². The number of amides is 1. The molecule has 0 spiro atoms. The molecular weight excluding hydrogens is 441 g/mol. The van der Waals surface area contributed by atoms with Crippen LogP contribution in [0.15, 0.2) is 42.3 Å². The highest BCUT2D eigenvalue weighted by molar-refractivity contribution is 5.94. The van der Waals surface area contributed by atoms with Gasteiger partial charge in [0, 0.05) is 38.8 Å². The van der Waals surface area contributed by atoms with Gasteiger partial charge in [-0.25, -0.2) is 14.1 Å². The SMILES string of the molecule is CC(C)n1ncnc1C1=CC2=c3ccc(C4(F)CCN(CC(=O)N(C)C)CC4)cc3=CCCC2=C1. The summed E-state index contributed by atoms with van der Waals surface area (Å²) < 4.78 is 18.1. The Morgan fingerprint density at radius 1 is 1.20 bits per heavy atom. The number of hydrogen-bond acceptors (Lipinski definition) is 4. The van der Waals surface area contributed by atoms with E-state index in [1.165, 1.54) is 11.1 Å². The van der Waals surface area contributed by atoms with Crippen molar-refractivity contribution in [3.05, 3.63) is 64.1 Å². The molecule has 0 atom stereocenters. The number of likely N-dealkylation sites (tertiary alicyclic amines) is 1. The third-order valence-electron chi connectivity index (χ3n) is 7.44. The fourth-order valence-corrected chi connectivity index (χ4v) is 5.30. The molecule has 0 N–H and O–H groups in total. The predicted octanol–water partition coefficient (Wildman–Crippen LogP) is 2.96. The van der Waals surface area contributed by atoms with Crippen LogP contribution in [0.3, 0.4) is 0 Å². The molecule has 1 fully saturated rings. The van der Waals surface area contributed by atoms with Crippen LogP contribution in [0.2, 0.25) is 0 Å². The van der Waals surface area contributed by atoms with Gasteiger partial charge in [-0.1, -0.05) is 18.2 Å². The maximum atomic E-state index is 16.1. The average molecular weight is 476 g/mol. The van der Waals surface area contributed by atoms with Crippen molar-refractivity contribution in [1.82, 2.24) is 24.6 Å². The zero-order valence-corrected chi connectivity index (χ0v) is 21.1. The average Bonchev–Trinajstić information content (AvgIpc) is 3.45. The first-order valence-corrected chi connectivity index (χ1v) is 12.5. The van der Waals surface area contributed by atoms with Crippen molar-refractivity contribution in [2.24, 2.45) is 0 Å². The van der Waals surface area contributed by atoms with Crippen LogP contribution < -0.4 is 10.4 Å². The molecule has 7 heteroatoms.